The van der Waals surface area contributed by atoms with Crippen molar-refractivity contribution in [3.05, 3.63) is 60.3 Å². The lowest BCUT2D eigenvalue weighted by Crippen LogP contribution is -2.37. The van der Waals surface area contributed by atoms with Crippen LogP contribution >= 0.6 is 0 Å². The summed E-state index contributed by atoms with van der Waals surface area (Å²) in [5, 5.41) is 10.6. The van der Waals surface area contributed by atoms with Crippen LogP contribution in [0.5, 0.6) is 17.4 Å². The van der Waals surface area contributed by atoms with Gasteiger partial charge in [0.15, 0.2) is 5.96 Å². The smallest absolute Gasteiger partial charge is 0.224 e. The van der Waals surface area contributed by atoms with Gasteiger partial charge in [-0.15, -0.1) is 0 Å². The SMILES string of the molecule is CCCOc1ccc(Oc2ncccc2CN=C(NCC)NCc2ncnn2C)cc1. The van der Waals surface area contributed by atoms with Crippen LogP contribution in [0.2, 0.25) is 0 Å². The van der Waals surface area contributed by atoms with Gasteiger partial charge in [-0.05, 0) is 43.7 Å². The minimum atomic E-state index is 0.412. The van der Waals surface area contributed by atoms with Crippen LogP contribution in [0.15, 0.2) is 53.9 Å². The number of nitrogens with zero attached hydrogens (tertiary/aromatic N) is 5. The number of hydrogen-bond donors (Lipinski definition) is 2. The topological polar surface area (TPSA) is 98.5 Å². The average Bonchev–Trinajstić information content (AvgIpc) is 3.20. The molecule has 0 spiro atoms. The first-order chi connectivity index (χ1) is 15.2. The summed E-state index contributed by atoms with van der Waals surface area (Å²) in [5.41, 5.74) is 0.879. The fourth-order valence-corrected chi connectivity index (χ4v) is 2.72. The summed E-state index contributed by atoms with van der Waals surface area (Å²) in [6.07, 6.45) is 4.21. The quantitative estimate of drug-likeness (QED) is 0.382. The number of guanidine groups is 1. The summed E-state index contributed by atoms with van der Waals surface area (Å²) in [5.74, 6) is 3.54. The first-order valence-corrected chi connectivity index (χ1v) is 10.4. The van der Waals surface area contributed by atoms with Gasteiger partial charge in [0, 0.05) is 25.4 Å². The Hall–Kier alpha value is -3.62. The lowest BCUT2D eigenvalue weighted by molar-refractivity contribution is 0.317. The number of aliphatic imine (C=N–C) groups is 1. The molecule has 0 aliphatic rings. The van der Waals surface area contributed by atoms with Crippen molar-refractivity contribution in [2.45, 2.75) is 33.4 Å². The molecule has 0 bridgehead atoms. The molecule has 2 heterocycles. The minimum absolute atomic E-state index is 0.412. The molecule has 0 atom stereocenters. The van der Waals surface area contributed by atoms with Crippen LogP contribution in [0.25, 0.3) is 0 Å². The molecule has 0 unspecified atom stereocenters. The molecule has 3 rings (SSSR count). The number of pyridine rings is 1. The van der Waals surface area contributed by atoms with Gasteiger partial charge in [-0.3, -0.25) is 4.68 Å². The predicted molar refractivity (Wildman–Crippen MR) is 119 cm³/mol. The normalized spacial score (nSPS) is 11.3. The van der Waals surface area contributed by atoms with Gasteiger partial charge in [0.1, 0.15) is 23.7 Å². The van der Waals surface area contributed by atoms with Gasteiger partial charge >= 0.3 is 0 Å². The standard InChI is InChI=1S/C22H29N7O2/c1-4-13-30-18-8-10-19(11-9-18)31-21-17(7-6-12-24-21)14-25-22(23-5-2)26-15-20-27-16-28-29(20)3/h6-12,16H,4-5,13-15H2,1-3H3,(H2,23,25,26). The Kier molecular flexibility index (Phi) is 8.21. The van der Waals surface area contributed by atoms with E-state index in [1.165, 1.54) is 6.33 Å². The van der Waals surface area contributed by atoms with E-state index in [2.05, 4.69) is 37.6 Å². The fraction of sp³-hybridized carbons (Fsp3) is 0.364. The molecule has 164 valence electrons. The summed E-state index contributed by atoms with van der Waals surface area (Å²) < 4.78 is 13.3. The van der Waals surface area contributed by atoms with E-state index in [4.69, 9.17) is 9.47 Å². The number of benzene rings is 1. The van der Waals surface area contributed by atoms with Crippen LogP contribution in [-0.4, -0.2) is 38.9 Å². The fourth-order valence-electron chi connectivity index (χ4n) is 2.72. The maximum Gasteiger partial charge on any atom is 0.224 e. The largest absolute Gasteiger partial charge is 0.494 e. The zero-order valence-electron chi connectivity index (χ0n) is 18.2. The van der Waals surface area contributed by atoms with Crippen LogP contribution in [-0.2, 0) is 20.1 Å². The molecule has 9 heteroatoms. The predicted octanol–water partition coefficient (Wildman–Crippen LogP) is 3.05. The highest BCUT2D eigenvalue weighted by Gasteiger charge is 2.08. The number of aromatic nitrogens is 4. The number of ether oxygens (including phenoxy) is 2. The summed E-state index contributed by atoms with van der Waals surface area (Å²) in [4.78, 5) is 13.3. The highest BCUT2D eigenvalue weighted by molar-refractivity contribution is 5.79. The van der Waals surface area contributed by atoms with Crippen molar-refractivity contribution in [2.75, 3.05) is 13.2 Å². The third-order valence-corrected chi connectivity index (χ3v) is 4.33. The second-order valence-corrected chi connectivity index (χ2v) is 6.74. The zero-order chi connectivity index (χ0) is 21.9. The molecule has 31 heavy (non-hydrogen) atoms. The van der Waals surface area contributed by atoms with Crippen molar-refractivity contribution in [1.29, 1.82) is 0 Å². The van der Waals surface area contributed by atoms with Crippen LogP contribution in [0.3, 0.4) is 0 Å². The van der Waals surface area contributed by atoms with Gasteiger partial charge in [-0.1, -0.05) is 13.0 Å². The molecule has 0 amide bonds. The number of rotatable bonds is 10. The van der Waals surface area contributed by atoms with Crippen molar-refractivity contribution in [2.24, 2.45) is 12.0 Å². The zero-order valence-corrected chi connectivity index (χ0v) is 18.2. The van der Waals surface area contributed by atoms with Gasteiger partial charge in [0.05, 0.1) is 19.7 Å². The summed E-state index contributed by atoms with van der Waals surface area (Å²) in [6, 6.07) is 11.4. The molecule has 2 N–H and O–H groups in total. The van der Waals surface area contributed by atoms with Gasteiger partial charge in [0.2, 0.25) is 5.88 Å². The van der Waals surface area contributed by atoms with E-state index >= 15 is 0 Å². The second kappa shape index (κ2) is 11.5. The van der Waals surface area contributed by atoms with Crippen LogP contribution < -0.4 is 20.1 Å². The van der Waals surface area contributed by atoms with Crippen LogP contribution in [0, 0.1) is 0 Å². The van der Waals surface area contributed by atoms with E-state index < -0.39 is 0 Å². The third-order valence-electron chi connectivity index (χ3n) is 4.33. The average molecular weight is 424 g/mol. The number of nitrogens with one attached hydrogen (secondary N) is 2. The Morgan fingerprint density at radius 2 is 1.87 bits per heavy atom. The van der Waals surface area contributed by atoms with Crippen molar-refractivity contribution in [3.63, 3.8) is 0 Å². The Balaban J connectivity index is 1.66. The van der Waals surface area contributed by atoms with Gasteiger partial charge in [-0.2, -0.15) is 5.10 Å². The molecule has 1 aromatic carbocycles. The molecule has 0 aliphatic heterocycles. The van der Waals surface area contributed by atoms with E-state index in [-0.39, 0.29) is 0 Å². The number of hydrogen-bond acceptors (Lipinski definition) is 6. The molecular formula is C22H29N7O2. The maximum absolute atomic E-state index is 6.00. The summed E-state index contributed by atoms with van der Waals surface area (Å²) in [7, 11) is 1.86. The molecule has 0 radical (unpaired) electrons. The number of aryl methyl sites for hydroxylation is 1. The van der Waals surface area contributed by atoms with Crippen LogP contribution in [0.1, 0.15) is 31.7 Å². The van der Waals surface area contributed by atoms with Crippen molar-refractivity contribution >= 4 is 5.96 Å². The lowest BCUT2D eigenvalue weighted by atomic mass is 10.2. The highest BCUT2D eigenvalue weighted by atomic mass is 16.5. The van der Waals surface area contributed by atoms with Crippen molar-refractivity contribution in [1.82, 2.24) is 30.4 Å². The Bertz CT molecular complexity index is 970. The first-order valence-electron chi connectivity index (χ1n) is 10.4. The molecule has 0 aliphatic carbocycles. The molecule has 0 saturated carbocycles. The molecule has 0 fully saturated rings. The minimum Gasteiger partial charge on any atom is -0.494 e. The van der Waals surface area contributed by atoms with Crippen LogP contribution in [0.4, 0.5) is 0 Å². The van der Waals surface area contributed by atoms with E-state index in [1.807, 2.05) is 50.4 Å². The van der Waals surface area contributed by atoms with E-state index in [0.717, 1.165) is 30.1 Å². The summed E-state index contributed by atoms with van der Waals surface area (Å²) in [6.45, 7) is 6.47. The van der Waals surface area contributed by atoms with E-state index in [0.29, 0.717) is 37.3 Å². The van der Waals surface area contributed by atoms with E-state index in [9.17, 15) is 0 Å². The van der Waals surface area contributed by atoms with Gasteiger partial charge < -0.3 is 20.1 Å². The second-order valence-electron chi connectivity index (χ2n) is 6.74. The monoisotopic (exact) mass is 423 g/mol. The molecule has 9 nitrogen and oxygen atoms in total. The third kappa shape index (κ3) is 6.70. The Labute approximate surface area is 182 Å². The van der Waals surface area contributed by atoms with E-state index in [1.54, 1.807) is 10.9 Å². The molecule has 2 aromatic heterocycles. The molecule has 0 saturated heterocycles. The first kappa shape index (κ1) is 22.1. The maximum atomic E-state index is 6.00. The Morgan fingerprint density at radius 1 is 1.06 bits per heavy atom. The van der Waals surface area contributed by atoms with Gasteiger partial charge in [0.25, 0.3) is 0 Å². The van der Waals surface area contributed by atoms with Crippen molar-refractivity contribution in [3.8, 4) is 17.4 Å². The highest BCUT2D eigenvalue weighted by Crippen LogP contribution is 2.25. The Morgan fingerprint density at radius 3 is 2.58 bits per heavy atom. The molecular weight excluding hydrogens is 394 g/mol. The molecule has 3 aromatic rings. The lowest BCUT2D eigenvalue weighted by Gasteiger charge is -2.12. The van der Waals surface area contributed by atoms with Gasteiger partial charge in [-0.25, -0.2) is 15.0 Å². The summed E-state index contributed by atoms with van der Waals surface area (Å²) >= 11 is 0. The van der Waals surface area contributed by atoms with Crippen molar-refractivity contribution < 1.29 is 9.47 Å².